The van der Waals surface area contributed by atoms with Crippen LogP contribution in [-0.4, -0.2) is 36.6 Å². The second-order valence-electron chi connectivity index (χ2n) is 7.26. The molecule has 4 heteroatoms. The molecule has 2 N–H and O–H groups in total. The Morgan fingerprint density at radius 2 is 1.04 bits per heavy atom. The molecule has 0 aliphatic carbocycles. The third-order valence-electron chi connectivity index (χ3n) is 4.34. The Labute approximate surface area is 170 Å². The molecule has 2 aromatic rings. The van der Waals surface area contributed by atoms with E-state index in [4.69, 9.17) is 14.9 Å². The zero-order valence-electron chi connectivity index (χ0n) is 17.7. The molecule has 0 heterocycles. The van der Waals surface area contributed by atoms with Gasteiger partial charge in [0.25, 0.3) is 0 Å². The molecule has 156 valence electrons. The summed E-state index contributed by atoms with van der Waals surface area (Å²) in [5.74, 6) is 1.07. The van der Waals surface area contributed by atoms with Crippen molar-refractivity contribution in [1.82, 2.24) is 0 Å². The maximum Gasteiger partial charge on any atom is 0.0724 e. The SMILES string of the molecule is CC(C)c1ccccc1COCc1ccccc1C(C)C.OCCOCCO. The number of benzene rings is 2. The van der Waals surface area contributed by atoms with Gasteiger partial charge in [0.2, 0.25) is 0 Å². The topological polar surface area (TPSA) is 58.9 Å². The highest BCUT2D eigenvalue weighted by Gasteiger charge is 2.08. The van der Waals surface area contributed by atoms with Crippen LogP contribution in [0.2, 0.25) is 0 Å². The van der Waals surface area contributed by atoms with Crippen LogP contribution in [0, 0.1) is 0 Å². The van der Waals surface area contributed by atoms with Gasteiger partial charge < -0.3 is 19.7 Å². The van der Waals surface area contributed by atoms with Crippen LogP contribution < -0.4 is 0 Å². The second-order valence-corrected chi connectivity index (χ2v) is 7.26. The van der Waals surface area contributed by atoms with Crippen molar-refractivity contribution in [3.05, 3.63) is 70.8 Å². The van der Waals surface area contributed by atoms with Crippen molar-refractivity contribution in [1.29, 1.82) is 0 Å². The van der Waals surface area contributed by atoms with E-state index in [0.717, 1.165) is 0 Å². The predicted octanol–water partition coefficient (Wildman–Crippen LogP) is 4.64. The average molecular weight is 389 g/mol. The van der Waals surface area contributed by atoms with E-state index in [9.17, 15) is 0 Å². The van der Waals surface area contributed by atoms with E-state index in [-0.39, 0.29) is 13.2 Å². The van der Waals surface area contributed by atoms with E-state index >= 15 is 0 Å². The summed E-state index contributed by atoms with van der Waals surface area (Å²) in [5, 5.41) is 16.2. The Morgan fingerprint density at radius 3 is 1.39 bits per heavy atom. The summed E-state index contributed by atoms with van der Waals surface area (Å²) in [6, 6.07) is 17.1. The lowest BCUT2D eigenvalue weighted by Gasteiger charge is -2.15. The second kappa shape index (κ2) is 14.3. The van der Waals surface area contributed by atoms with E-state index in [0.29, 0.717) is 38.3 Å². The first kappa shape index (κ1) is 24.3. The van der Waals surface area contributed by atoms with Crippen molar-refractivity contribution in [3.63, 3.8) is 0 Å². The Bertz CT molecular complexity index is 597. The highest BCUT2D eigenvalue weighted by molar-refractivity contribution is 5.30. The molecular weight excluding hydrogens is 352 g/mol. The van der Waals surface area contributed by atoms with Crippen LogP contribution in [0.4, 0.5) is 0 Å². The average Bonchev–Trinajstić information content (AvgIpc) is 2.69. The molecule has 4 nitrogen and oxygen atoms in total. The summed E-state index contributed by atoms with van der Waals surface area (Å²) in [6.07, 6.45) is 0. The number of ether oxygens (including phenoxy) is 2. The lowest BCUT2D eigenvalue weighted by atomic mass is 9.97. The maximum absolute atomic E-state index is 8.09. The van der Waals surface area contributed by atoms with Gasteiger partial charge in [-0.15, -0.1) is 0 Å². The third kappa shape index (κ3) is 8.98. The number of aliphatic hydroxyl groups is 2. The first-order valence-electron chi connectivity index (χ1n) is 10.0. The summed E-state index contributed by atoms with van der Waals surface area (Å²) in [7, 11) is 0. The summed E-state index contributed by atoms with van der Waals surface area (Å²) >= 11 is 0. The van der Waals surface area contributed by atoms with Crippen molar-refractivity contribution < 1.29 is 19.7 Å². The molecule has 0 spiro atoms. The zero-order valence-corrected chi connectivity index (χ0v) is 17.7. The molecule has 0 radical (unpaired) electrons. The highest BCUT2D eigenvalue weighted by Crippen LogP contribution is 2.22. The zero-order chi connectivity index (χ0) is 20.8. The molecule has 0 bridgehead atoms. The van der Waals surface area contributed by atoms with Crippen LogP contribution >= 0.6 is 0 Å². The van der Waals surface area contributed by atoms with Gasteiger partial charge >= 0.3 is 0 Å². The van der Waals surface area contributed by atoms with Gasteiger partial charge in [0.1, 0.15) is 0 Å². The van der Waals surface area contributed by atoms with Crippen LogP contribution in [-0.2, 0) is 22.7 Å². The van der Waals surface area contributed by atoms with Gasteiger partial charge in [-0.05, 0) is 34.1 Å². The number of aliphatic hydroxyl groups excluding tert-OH is 2. The van der Waals surface area contributed by atoms with Crippen molar-refractivity contribution in [2.24, 2.45) is 0 Å². The van der Waals surface area contributed by atoms with Crippen LogP contribution in [0.1, 0.15) is 61.8 Å². The molecule has 0 aliphatic heterocycles. The van der Waals surface area contributed by atoms with Crippen molar-refractivity contribution in [3.8, 4) is 0 Å². The van der Waals surface area contributed by atoms with Gasteiger partial charge in [-0.2, -0.15) is 0 Å². The number of rotatable bonds is 10. The van der Waals surface area contributed by atoms with Crippen LogP contribution in [0.15, 0.2) is 48.5 Å². The number of hydrogen-bond donors (Lipinski definition) is 2. The molecule has 2 aromatic carbocycles. The van der Waals surface area contributed by atoms with E-state index in [2.05, 4.69) is 81.0 Å². The smallest absolute Gasteiger partial charge is 0.0724 e. The lowest BCUT2D eigenvalue weighted by Crippen LogP contribution is -2.03. The molecule has 2 rings (SSSR count). The number of hydrogen-bond acceptors (Lipinski definition) is 4. The van der Waals surface area contributed by atoms with Crippen LogP contribution in [0.25, 0.3) is 0 Å². The van der Waals surface area contributed by atoms with Crippen molar-refractivity contribution >= 4 is 0 Å². The normalized spacial score (nSPS) is 10.9. The quantitative estimate of drug-likeness (QED) is 0.582. The monoisotopic (exact) mass is 388 g/mol. The van der Waals surface area contributed by atoms with Crippen molar-refractivity contribution in [2.45, 2.75) is 52.7 Å². The fourth-order valence-electron chi connectivity index (χ4n) is 2.96. The Hall–Kier alpha value is -1.72. The molecule has 28 heavy (non-hydrogen) atoms. The standard InChI is InChI=1S/C20H26O.C4H10O3/c1-15(2)19-11-7-5-9-17(19)13-21-14-18-10-6-8-12-20(18)16(3)4;5-1-3-7-4-2-6/h5-12,15-16H,13-14H2,1-4H3;5-6H,1-4H2. The largest absolute Gasteiger partial charge is 0.394 e. The van der Waals surface area contributed by atoms with Gasteiger partial charge in [0, 0.05) is 0 Å². The molecule has 0 saturated heterocycles. The fraction of sp³-hybridized carbons (Fsp3) is 0.500. The van der Waals surface area contributed by atoms with E-state index in [1.54, 1.807) is 0 Å². The molecule has 0 atom stereocenters. The Balaban J connectivity index is 0.000000480. The van der Waals surface area contributed by atoms with Gasteiger partial charge in [0.15, 0.2) is 0 Å². The minimum atomic E-state index is 0.0278. The molecule has 0 fully saturated rings. The van der Waals surface area contributed by atoms with Gasteiger partial charge in [-0.1, -0.05) is 76.2 Å². The molecule has 0 saturated carbocycles. The van der Waals surface area contributed by atoms with E-state index in [1.165, 1.54) is 22.3 Å². The summed E-state index contributed by atoms with van der Waals surface area (Å²) in [6.45, 7) is 11.0. The lowest BCUT2D eigenvalue weighted by molar-refractivity contribution is 0.0650. The molecule has 0 aromatic heterocycles. The minimum absolute atomic E-state index is 0.0278. The van der Waals surface area contributed by atoms with E-state index in [1.807, 2.05) is 0 Å². The van der Waals surface area contributed by atoms with Crippen LogP contribution in [0.5, 0.6) is 0 Å². The van der Waals surface area contributed by atoms with Gasteiger partial charge in [-0.25, -0.2) is 0 Å². The molecular formula is C24H36O4. The van der Waals surface area contributed by atoms with Crippen LogP contribution in [0.3, 0.4) is 0 Å². The third-order valence-corrected chi connectivity index (χ3v) is 4.34. The Morgan fingerprint density at radius 1 is 0.643 bits per heavy atom. The molecule has 0 amide bonds. The Kier molecular flexibility index (Phi) is 12.4. The summed E-state index contributed by atoms with van der Waals surface area (Å²) < 4.78 is 10.6. The maximum atomic E-state index is 8.09. The van der Waals surface area contributed by atoms with Gasteiger partial charge in [-0.3, -0.25) is 0 Å². The van der Waals surface area contributed by atoms with Gasteiger partial charge in [0.05, 0.1) is 39.6 Å². The van der Waals surface area contributed by atoms with E-state index < -0.39 is 0 Å². The first-order valence-corrected chi connectivity index (χ1v) is 10.0. The fourth-order valence-corrected chi connectivity index (χ4v) is 2.96. The highest BCUT2D eigenvalue weighted by atomic mass is 16.5. The first-order chi connectivity index (χ1) is 13.5. The molecule has 0 unspecified atom stereocenters. The molecule has 0 aliphatic rings. The van der Waals surface area contributed by atoms with Crippen molar-refractivity contribution in [2.75, 3.05) is 26.4 Å². The summed E-state index contributed by atoms with van der Waals surface area (Å²) in [4.78, 5) is 0. The predicted molar refractivity (Wildman–Crippen MR) is 115 cm³/mol. The minimum Gasteiger partial charge on any atom is -0.394 e. The summed E-state index contributed by atoms with van der Waals surface area (Å²) in [5.41, 5.74) is 5.37.